The van der Waals surface area contributed by atoms with Gasteiger partial charge in [-0.15, -0.1) is 6.58 Å². The van der Waals surface area contributed by atoms with Gasteiger partial charge in [-0.3, -0.25) is 19.3 Å². The van der Waals surface area contributed by atoms with Crippen molar-refractivity contribution in [1.82, 2.24) is 9.88 Å². The molecule has 3 aliphatic rings. The van der Waals surface area contributed by atoms with Gasteiger partial charge in [0.15, 0.2) is 11.2 Å². The average Bonchev–Trinajstić information content (AvgIpc) is 3.67. The van der Waals surface area contributed by atoms with Gasteiger partial charge in [0.2, 0.25) is 5.91 Å². The van der Waals surface area contributed by atoms with Crippen molar-refractivity contribution in [3.05, 3.63) is 108 Å². The molecule has 0 saturated carbocycles. The Morgan fingerprint density at radius 3 is 2.52 bits per heavy atom. The van der Waals surface area contributed by atoms with Crippen molar-refractivity contribution in [2.24, 2.45) is 5.41 Å². The lowest BCUT2D eigenvalue weighted by Crippen LogP contribution is -2.65. The van der Waals surface area contributed by atoms with Crippen molar-refractivity contribution < 1.29 is 14.4 Å². The first-order valence-corrected chi connectivity index (χ1v) is 13.1. The Kier molecular flexibility index (Phi) is 4.82. The second kappa shape index (κ2) is 8.01. The molecule has 40 heavy (non-hydrogen) atoms. The Hall–Kier alpha value is -5.00. The maximum Gasteiger partial charge on any atom is 0.254 e. The summed E-state index contributed by atoms with van der Waals surface area (Å²) < 4.78 is 0. The monoisotopic (exact) mass is 527 g/mol. The van der Waals surface area contributed by atoms with Crippen LogP contribution in [0.1, 0.15) is 21.5 Å². The molecule has 0 aliphatic carbocycles. The molecule has 3 aliphatic heterocycles. The molecule has 2 spiro atoms. The second-order valence-corrected chi connectivity index (χ2v) is 10.6. The van der Waals surface area contributed by atoms with E-state index in [2.05, 4.69) is 22.9 Å². The number of nitrogens with zero attached hydrogens (tertiary/aromatic N) is 3. The van der Waals surface area contributed by atoms with Crippen LogP contribution in [0.4, 0.5) is 11.4 Å². The number of aromatic amines is 1. The molecule has 8 heteroatoms. The Bertz CT molecular complexity index is 1840. The van der Waals surface area contributed by atoms with Crippen LogP contribution in [0.25, 0.3) is 10.9 Å². The number of carbonyl (C=O) groups is 3. The van der Waals surface area contributed by atoms with Gasteiger partial charge >= 0.3 is 0 Å². The van der Waals surface area contributed by atoms with Crippen LogP contribution in [0.3, 0.4) is 0 Å². The van der Waals surface area contributed by atoms with E-state index in [-0.39, 0.29) is 19.0 Å². The highest BCUT2D eigenvalue weighted by molar-refractivity contribution is 6.24. The number of anilines is 2. The molecule has 8 nitrogen and oxygen atoms in total. The fourth-order valence-electron chi connectivity index (χ4n) is 7.61. The molecular formula is C32H25N5O3. The molecule has 0 radical (unpaired) electrons. The maximum absolute atomic E-state index is 14.9. The third kappa shape index (κ3) is 2.43. The number of aromatic nitrogens is 1. The number of hydrogen-bond donors (Lipinski definition) is 2. The Labute approximate surface area is 230 Å². The van der Waals surface area contributed by atoms with Gasteiger partial charge in [-0.1, -0.05) is 60.7 Å². The van der Waals surface area contributed by atoms with Crippen LogP contribution in [-0.2, 0) is 20.5 Å². The minimum atomic E-state index is -1.95. The summed E-state index contributed by atoms with van der Waals surface area (Å²) in [6.07, 6.45) is 3.23. The standard InChI is InChI=1S/C32H25N5O3/c1-3-16-37-26-15-9-6-12-23(26)32(29(37)40)31(22-11-5-8-14-25(22)35-28(31)39)30(18-33,19-36(32)2)27(38)21-17-34-24-13-7-4-10-20(21)24/h3-15,17,34H,1,16,19H2,2H3,(H,35,39)/t30-,31+,32-/m1/s1. The molecule has 1 saturated heterocycles. The second-order valence-electron chi connectivity index (χ2n) is 10.6. The van der Waals surface area contributed by atoms with Crippen molar-refractivity contribution in [3.8, 4) is 6.07 Å². The highest BCUT2D eigenvalue weighted by Crippen LogP contribution is 2.69. The van der Waals surface area contributed by atoms with Crippen molar-refractivity contribution >= 4 is 39.9 Å². The molecular weight excluding hydrogens is 502 g/mol. The third-order valence-corrected chi connectivity index (χ3v) is 9.01. The third-order valence-electron chi connectivity index (χ3n) is 9.01. The molecule has 2 N–H and O–H groups in total. The number of rotatable bonds is 4. The van der Waals surface area contributed by atoms with Crippen molar-refractivity contribution in [2.75, 3.05) is 30.4 Å². The zero-order chi connectivity index (χ0) is 27.9. The molecule has 3 aromatic carbocycles. The molecule has 1 aromatic heterocycles. The number of H-pyrrole nitrogens is 1. The molecule has 7 rings (SSSR count). The topological polar surface area (TPSA) is 109 Å². The number of hydrogen-bond acceptors (Lipinski definition) is 5. The number of benzene rings is 3. The smallest absolute Gasteiger partial charge is 0.254 e. The quantitative estimate of drug-likeness (QED) is 0.307. The van der Waals surface area contributed by atoms with Crippen molar-refractivity contribution in [1.29, 1.82) is 5.26 Å². The van der Waals surface area contributed by atoms with Crippen LogP contribution in [0.2, 0.25) is 0 Å². The van der Waals surface area contributed by atoms with Crippen LogP contribution in [0.15, 0.2) is 91.6 Å². The first-order chi connectivity index (χ1) is 19.4. The summed E-state index contributed by atoms with van der Waals surface area (Å²) in [6, 6.07) is 24.1. The summed E-state index contributed by atoms with van der Waals surface area (Å²) in [5.41, 5.74) is -2.30. The number of fused-ring (bicyclic) bond motifs is 6. The van der Waals surface area contributed by atoms with Gasteiger partial charge in [0.25, 0.3) is 5.91 Å². The van der Waals surface area contributed by atoms with E-state index < -0.39 is 28.1 Å². The number of nitriles is 1. The van der Waals surface area contributed by atoms with E-state index in [0.717, 1.165) is 5.52 Å². The van der Waals surface area contributed by atoms with Crippen LogP contribution >= 0.6 is 0 Å². The van der Waals surface area contributed by atoms with E-state index in [0.29, 0.717) is 33.5 Å². The lowest BCUT2D eigenvalue weighted by atomic mass is 9.51. The van der Waals surface area contributed by atoms with Crippen LogP contribution < -0.4 is 10.2 Å². The van der Waals surface area contributed by atoms with Gasteiger partial charge in [0, 0.05) is 52.7 Å². The number of amides is 2. The predicted octanol–water partition coefficient (Wildman–Crippen LogP) is 4.12. The summed E-state index contributed by atoms with van der Waals surface area (Å²) in [6.45, 7) is 3.92. The minimum Gasteiger partial charge on any atom is -0.360 e. The van der Waals surface area contributed by atoms with E-state index in [4.69, 9.17) is 0 Å². The van der Waals surface area contributed by atoms with Crippen molar-refractivity contribution in [3.63, 3.8) is 0 Å². The van der Waals surface area contributed by atoms with Gasteiger partial charge in [-0.2, -0.15) is 5.26 Å². The number of Topliss-reactive ketones (excluding diaryl/α,β-unsaturated/α-hetero) is 1. The molecule has 1 fully saturated rings. The number of carbonyl (C=O) groups excluding carboxylic acids is 3. The Balaban J connectivity index is 1.62. The van der Waals surface area contributed by atoms with Gasteiger partial charge in [-0.05, 0) is 30.8 Å². The van der Waals surface area contributed by atoms with Gasteiger partial charge in [-0.25, -0.2) is 0 Å². The van der Waals surface area contributed by atoms with Gasteiger partial charge < -0.3 is 15.2 Å². The zero-order valence-electron chi connectivity index (χ0n) is 21.8. The highest BCUT2D eigenvalue weighted by Gasteiger charge is 2.84. The minimum absolute atomic E-state index is 0.133. The van der Waals surface area contributed by atoms with Crippen LogP contribution in [0.5, 0.6) is 0 Å². The zero-order valence-corrected chi connectivity index (χ0v) is 21.8. The molecule has 196 valence electrons. The first kappa shape index (κ1) is 24.1. The number of para-hydroxylation sites is 3. The van der Waals surface area contributed by atoms with E-state index in [1.54, 1.807) is 53.4 Å². The summed E-state index contributed by atoms with van der Waals surface area (Å²) in [5.74, 6) is -1.42. The molecule has 4 heterocycles. The van der Waals surface area contributed by atoms with E-state index in [1.807, 2.05) is 48.5 Å². The molecule has 2 amide bonds. The van der Waals surface area contributed by atoms with E-state index in [9.17, 15) is 19.6 Å². The van der Waals surface area contributed by atoms with Gasteiger partial charge in [0.05, 0.1) is 6.07 Å². The average molecular weight is 528 g/mol. The molecule has 0 bridgehead atoms. The van der Waals surface area contributed by atoms with Crippen molar-refractivity contribution in [2.45, 2.75) is 11.0 Å². The summed E-state index contributed by atoms with van der Waals surface area (Å²) >= 11 is 0. The highest BCUT2D eigenvalue weighted by atomic mass is 16.2. The Morgan fingerprint density at radius 1 is 1.05 bits per heavy atom. The Morgan fingerprint density at radius 2 is 1.75 bits per heavy atom. The van der Waals surface area contributed by atoms with E-state index >= 15 is 0 Å². The number of likely N-dealkylation sites (tertiary alicyclic amines) is 1. The fourth-order valence-corrected chi connectivity index (χ4v) is 7.61. The van der Waals surface area contributed by atoms with Crippen LogP contribution in [0, 0.1) is 16.7 Å². The van der Waals surface area contributed by atoms with Gasteiger partial charge in [0.1, 0.15) is 11.0 Å². The lowest BCUT2D eigenvalue weighted by Gasteiger charge is -2.45. The SMILES string of the molecule is C=CCN1C(=O)[C@@]2(c3ccccc31)N(C)C[C@](C#N)(C(=O)c1c[nH]c3ccccc13)[C@]21C(=O)Nc2ccccc21. The molecule has 0 unspecified atom stereocenters. The maximum atomic E-state index is 14.9. The fraction of sp³-hybridized carbons (Fsp3) is 0.188. The number of ketones is 1. The normalized spacial score (nSPS) is 26.8. The summed E-state index contributed by atoms with van der Waals surface area (Å²) in [5, 5.41) is 14.8. The molecule has 3 atom stereocenters. The summed E-state index contributed by atoms with van der Waals surface area (Å²) in [4.78, 5) is 50.9. The largest absolute Gasteiger partial charge is 0.360 e. The van der Waals surface area contributed by atoms with E-state index in [1.165, 1.54) is 0 Å². The van der Waals surface area contributed by atoms with Crippen LogP contribution in [-0.4, -0.2) is 47.6 Å². The first-order valence-electron chi connectivity index (χ1n) is 13.1. The number of likely N-dealkylation sites (N-methyl/N-ethyl adjacent to an activating group) is 1. The summed E-state index contributed by atoms with van der Waals surface area (Å²) in [7, 11) is 1.73. The molecule has 4 aromatic rings. The predicted molar refractivity (Wildman–Crippen MR) is 151 cm³/mol. The lowest BCUT2D eigenvalue weighted by molar-refractivity contribution is -0.138. The number of nitrogens with one attached hydrogen (secondary N) is 2.